The number of carboxylic acid groups (broad SMARTS) is 2. The van der Waals surface area contributed by atoms with Gasteiger partial charge in [-0.15, -0.1) is 0 Å². The van der Waals surface area contributed by atoms with E-state index in [2.05, 4.69) is 0 Å². The van der Waals surface area contributed by atoms with Crippen LogP contribution in [0, 0.1) is 5.41 Å². The van der Waals surface area contributed by atoms with Crippen LogP contribution < -0.4 is 11.5 Å². The smallest absolute Gasteiger partial charge is 0.339 e. The van der Waals surface area contributed by atoms with Gasteiger partial charge in [0.05, 0.1) is 5.71 Å². The van der Waals surface area contributed by atoms with Crippen LogP contribution in [0.1, 0.15) is 48.7 Å². The molecule has 6 aromatic carbocycles. The first-order chi connectivity index (χ1) is 24.5. The van der Waals surface area contributed by atoms with Crippen molar-refractivity contribution in [3.05, 3.63) is 172 Å². The number of aromatic hydroxyl groups is 2. The Morgan fingerprint density at radius 3 is 1.43 bits per heavy atom. The summed E-state index contributed by atoms with van der Waals surface area (Å²) in [6, 6.07) is 32.4. The minimum absolute atomic E-state index is 0. The first-order valence-electron chi connectivity index (χ1n) is 15.9. The van der Waals surface area contributed by atoms with E-state index in [1.54, 1.807) is 60.7 Å². The van der Waals surface area contributed by atoms with Gasteiger partial charge in [-0.2, -0.15) is 0 Å². The third-order valence-corrected chi connectivity index (χ3v) is 8.59. The van der Waals surface area contributed by atoms with Gasteiger partial charge in [0.1, 0.15) is 22.6 Å². The Morgan fingerprint density at radius 2 is 1.02 bits per heavy atom. The first kappa shape index (κ1) is 33.8. The Balaban J connectivity index is 0.000000366. The first-order valence-corrected chi connectivity index (χ1v) is 15.9. The minimum atomic E-state index is -1.28. The van der Waals surface area contributed by atoms with E-state index >= 15 is 0 Å². The second-order valence-electron chi connectivity index (χ2n) is 11.9. The second-order valence-corrected chi connectivity index (χ2v) is 11.9. The summed E-state index contributed by atoms with van der Waals surface area (Å²) in [7, 11) is 0. The van der Waals surface area contributed by atoms with Gasteiger partial charge in [-0.25, -0.2) is 9.59 Å². The van der Waals surface area contributed by atoms with E-state index in [9.17, 15) is 30.0 Å². The largest absolute Gasteiger partial charge is 0.507 e. The Labute approximate surface area is 298 Å². The molecule has 0 saturated carbocycles. The molecule has 1 aliphatic carbocycles. The lowest BCUT2D eigenvalue weighted by atomic mass is 9.90. The summed E-state index contributed by atoms with van der Waals surface area (Å²) in [4.78, 5) is 23.2. The van der Waals surface area contributed by atoms with Gasteiger partial charge in [0, 0.05) is 34.6 Å². The maximum Gasteiger partial charge on any atom is 0.339 e. The molecule has 9 N–H and O–H groups in total. The van der Waals surface area contributed by atoms with Gasteiger partial charge in [-0.05, 0) is 92.4 Å². The monoisotopic (exact) mass is 683 g/mol. The quantitative estimate of drug-likeness (QED) is 0.0845. The maximum atomic E-state index is 11.6. The highest BCUT2D eigenvalue weighted by molar-refractivity contribution is 6.05. The van der Waals surface area contributed by atoms with Gasteiger partial charge >= 0.3 is 11.9 Å². The molecule has 1 aliphatic rings. The number of phenols is 2. The molecule has 0 amide bonds. The SMILES string of the molecule is N=C1C=CC(=C(c2cccc(N)c2)c2cccc(N)c2)C=C1.O=C(O)c1cc2ccccc2c(Cc2c(O)c(C(=O)O)cc3ccccc23)c1O.[HH].[HH].[HH].[HH]. The van der Waals surface area contributed by atoms with E-state index in [0.29, 0.717) is 38.4 Å². The molecule has 0 atom stereocenters. The number of rotatable bonds is 6. The lowest BCUT2D eigenvalue weighted by molar-refractivity contribution is 0.0682. The topological polar surface area (TPSA) is 191 Å². The van der Waals surface area contributed by atoms with Crippen molar-refractivity contribution in [2.45, 2.75) is 6.42 Å². The van der Waals surface area contributed by atoms with Crippen molar-refractivity contribution in [2.24, 2.45) is 0 Å². The van der Waals surface area contributed by atoms with Crippen LogP contribution in [0.2, 0.25) is 0 Å². The summed E-state index contributed by atoms with van der Waals surface area (Å²) in [5.41, 5.74) is 18.1. The summed E-state index contributed by atoms with van der Waals surface area (Å²) in [6.45, 7) is 0. The fourth-order valence-electron chi connectivity index (χ4n) is 6.21. The third-order valence-electron chi connectivity index (χ3n) is 8.59. The van der Waals surface area contributed by atoms with Crippen molar-refractivity contribution < 1.29 is 35.7 Å². The number of carboxylic acids is 2. The molecule has 9 heteroatoms. The van der Waals surface area contributed by atoms with E-state index in [4.69, 9.17) is 16.9 Å². The van der Waals surface area contributed by atoms with Gasteiger partial charge in [0.2, 0.25) is 0 Å². The highest BCUT2D eigenvalue weighted by atomic mass is 16.4. The lowest BCUT2D eigenvalue weighted by Gasteiger charge is -2.16. The number of aromatic carboxylic acids is 2. The number of carbonyl (C=O) groups is 2. The Kier molecular flexibility index (Phi) is 9.37. The summed E-state index contributed by atoms with van der Waals surface area (Å²) in [5, 5.41) is 50.5. The predicted octanol–water partition coefficient (Wildman–Crippen LogP) is 9.17. The summed E-state index contributed by atoms with van der Waals surface area (Å²) >= 11 is 0. The molecule has 0 saturated heterocycles. The maximum absolute atomic E-state index is 11.6. The number of nitrogens with two attached hydrogens (primary N) is 2. The van der Waals surface area contributed by atoms with Crippen molar-refractivity contribution in [1.82, 2.24) is 0 Å². The van der Waals surface area contributed by atoms with Crippen LogP contribution in [0.3, 0.4) is 0 Å². The molecule has 0 heterocycles. The normalized spacial score (nSPS) is 12.1. The molecule has 6 aromatic rings. The van der Waals surface area contributed by atoms with E-state index in [1.165, 1.54) is 12.1 Å². The standard InChI is InChI=1S/C23H16O6.C19H17N3.4H2/c24-20-16(14-7-3-1-5-12(14)9-18(20)22(26)27)11-17-15-8-4-2-6-13(15)10-19(21(17)25)23(28)29;20-16-9-7-13(8-10-16)19(14-3-1-5-17(21)11-14)15-4-2-6-18(22)12-15;;;;/h1-10,24-25H,11H2,(H,26,27)(H,28,29);1-12,20H,21-22H2;4*1H. The minimum Gasteiger partial charge on any atom is -0.507 e. The zero-order valence-corrected chi connectivity index (χ0v) is 27.2. The fourth-order valence-corrected chi connectivity index (χ4v) is 6.21. The second kappa shape index (κ2) is 14.2. The van der Waals surface area contributed by atoms with E-state index in [-0.39, 0.29) is 23.3 Å². The van der Waals surface area contributed by atoms with E-state index < -0.39 is 23.4 Å². The molecule has 0 spiro atoms. The number of allylic oxidation sites excluding steroid dienone is 5. The van der Waals surface area contributed by atoms with Crippen molar-refractivity contribution in [1.29, 1.82) is 5.41 Å². The van der Waals surface area contributed by atoms with Crippen molar-refractivity contribution in [3.8, 4) is 11.5 Å². The average Bonchev–Trinajstić information content (AvgIpc) is 3.11. The molecule has 0 aromatic heterocycles. The Hall–Kier alpha value is -7.13. The highest BCUT2D eigenvalue weighted by Crippen LogP contribution is 2.39. The highest BCUT2D eigenvalue weighted by Gasteiger charge is 2.22. The van der Waals surface area contributed by atoms with E-state index in [0.717, 1.165) is 33.6 Å². The van der Waals surface area contributed by atoms with Gasteiger partial charge in [0.15, 0.2) is 0 Å². The molecule has 9 nitrogen and oxygen atoms in total. The molecule has 0 fully saturated rings. The fraction of sp³-hybridized carbons (Fsp3) is 0.0238. The molecule has 260 valence electrons. The zero-order valence-electron chi connectivity index (χ0n) is 27.2. The summed E-state index contributed by atoms with van der Waals surface area (Å²) in [5.74, 6) is -3.36. The third kappa shape index (κ3) is 7.04. The van der Waals surface area contributed by atoms with Crippen molar-refractivity contribution >= 4 is 56.1 Å². The molecule has 0 unspecified atom stereocenters. The molecule has 0 aliphatic heterocycles. The van der Waals surface area contributed by atoms with Crippen LogP contribution >= 0.6 is 0 Å². The number of nitrogen functional groups attached to an aromatic ring is 2. The van der Waals surface area contributed by atoms with Crippen LogP contribution in [-0.2, 0) is 6.42 Å². The van der Waals surface area contributed by atoms with Crippen LogP contribution in [-0.4, -0.2) is 38.1 Å². The number of fused-ring (bicyclic) bond motifs is 2. The molecule has 51 heavy (non-hydrogen) atoms. The van der Waals surface area contributed by atoms with Crippen LogP contribution in [0.5, 0.6) is 11.5 Å². The Bertz CT molecular complexity index is 2330. The summed E-state index contributed by atoms with van der Waals surface area (Å²) in [6.07, 6.45) is 7.43. The van der Waals surface area contributed by atoms with E-state index in [1.807, 2.05) is 60.7 Å². The van der Waals surface area contributed by atoms with Crippen molar-refractivity contribution in [2.75, 3.05) is 11.5 Å². The van der Waals surface area contributed by atoms with Crippen molar-refractivity contribution in [3.63, 3.8) is 0 Å². The molecular formula is C42H41N3O6. The molecule has 0 radical (unpaired) electrons. The van der Waals surface area contributed by atoms with Gasteiger partial charge in [0.25, 0.3) is 0 Å². The zero-order chi connectivity index (χ0) is 36.2. The number of anilines is 2. The van der Waals surface area contributed by atoms with Crippen LogP contribution in [0.25, 0.3) is 27.1 Å². The summed E-state index contributed by atoms with van der Waals surface area (Å²) < 4.78 is 0. The molecule has 7 rings (SSSR count). The molecular weight excluding hydrogens is 642 g/mol. The Morgan fingerprint density at radius 1 is 0.588 bits per heavy atom. The van der Waals surface area contributed by atoms with Crippen LogP contribution in [0.15, 0.2) is 139 Å². The van der Waals surface area contributed by atoms with Gasteiger partial charge in [-0.3, -0.25) is 0 Å². The number of nitrogens with one attached hydrogen (secondary N) is 1. The van der Waals surface area contributed by atoms with Gasteiger partial charge in [-0.1, -0.05) is 84.9 Å². The van der Waals surface area contributed by atoms with Crippen LogP contribution in [0.4, 0.5) is 11.4 Å². The number of hydrogen-bond acceptors (Lipinski definition) is 7. The molecule has 0 bridgehead atoms. The predicted molar refractivity (Wildman–Crippen MR) is 210 cm³/mol. The number of hydrogen-bond donors (Lipinski definition) is 7. The number of benzene rings is 6. The van der Waals surface area contributed by atoms with Gasteiger partial charge < -0.3 is 37.3 Å². The lowest BCUT2D eigenvalue weighted by Crippen LogP contribution is -2.04. The average molecular weight is 684 g/mol.